The molecule has 0 unspecified atom stereocenters. The Morgan fingerprint density at radius 3 is 2.48 bits per heavy atom. The first-order chi connectivity index (χ1) is 10.1. The van der Waals surface area contributed by atoms with E-state index in [-0.39, 0.29) is 12.0 Å². The summed E-state index contributed by atoms with van der Waals surface area (Å²) in [6.07, 6.45) is 3.32. The Morgan fingerprint density at radius 1 is 1.19 bits per heavy atom. The summed E-state index contributed by atoms with van der Waals surface area (Å²) in [5, 5.41) is 12.8. The fourth-order valence-corrected chi connectivity index (χ4v) is 2.95. The van der Waals surface area contributed by atoms with Crippen molar-refractivity contribution in [2.45, 2.75) is 45.7 Å². The second-order valence-electron chi connectivity index (χ2n) is 7.05. The summed E-state index contributed by atoms with van der Waals surface area (Å²) in [6.45, 7) is 9.15. The van der Waals surface area contributed by atoms with Crippen molar-refractivity contribution in [3.63, 3.8) is 0 Å². The first-order valence-electron chi connectivity index (χ1n) is 8.19. The van der Waals surface area contributed by atoms with Gasteiger partial charge in [-0.1, -0.05) is 44.2 Å². The highest BCUT2D eigenvalue weighted by Gasteiger charge is 2.22. The summed E-state index contributed by atoms with van der Waals surface area (Å²) >= 11 is 0. The van der Waals surface area contributed by atoms with E-state index in [0.717, 1.165) is 19.5 Å². The maximum Gasteiger partial charge on any atom is 0.0436 e. The van der Waals surface area contributed by atoms with Gasteiger partial charge >= 0.3 is 0 Å². The molecule has 1 aromatic carbocycles. The molecule has 1 fully saturated rings. The third kappa shape index (κ3) is 5.77. The molecule has 1 aliphatic rings. The minimum Gasteiger partial charge on any atom is -0.396 e. The lowest BCUT2D eigenvalue weighted by Crippen LogP contribution is -2.45. The van der Waals surface area contributed by atoms with Crippen molar-refractivity contribution in [1.29, 1.82) is 0 Å². The molecule has 118 valence electrons. The fraction of sp³-hybridized carbons (Fsp3) is 0.667. The summed E-state index contributed by atoms with van der Waals surface area (Å²) in [5.74, 6) is 0. The molecule has 0 radical (unpaired) electrons. The normalized spacial score (nSPS) is 18.0. The highest BCUT2D eigenvalue weighted by atomic mass is 16.3. The molecule has 0 bridgehead atoms. The molecule has 3 heteroatoms. The lowest BCUT2D eigenvalue weighted by atomic mass is 9.89. The highest BCUT2D eigenvalue weighted by molar-refractivity contribution is 5.14. The van der Waals surface area contributed by atoms with Crippen LogP contribution in [0.5, 0.6) is 0 Å². The molecule has 1 aromatic rings. The van der Waals surface area contributed by atoms with E-state index < -0.39 is 0 Å². The minimum atomic E-state index is 0.190. The lowest BCUT2D eigenvalue weighted by Gasteiger charge is -2.34. The van der Waals surface area contributed by atoms with E-state index in [4.69, 9.17) is 5.11 Å². The van der Waals surface area contributed by atoms with E-state index in [2.05, 4.69) is 54.4 Å². The average Bonchev–Trinajstić information content (AvgIpc) is 2.48. The Hall–Kier alpha value is -0.900. The Kier molecular flexibility index (Phi) is 6.22. The van der Waals surface area contributed by atoms with Crippen LogP contribution in [0.4, 0.5) is 0 Å². The van der Waals surface area contributed by atoms with Gasteiger partial charge in [0.15, 0.2) is 0 Å². The number of aliphatic hydroxyl groups excluding tert-OH is 1. The van der Waals surface area contributed by atoms with Crippen molar-refractivity contribution < 1.29 is 5.11 Å². The quantitative estimate of drug-likeness (QED) is 0.810. The number of benzene rings is 1. The number of aliphatic hydroxyl groups is 1. The molecule has 2 rings (SSSR count). The summed E-state index contributed by atoms with van der Waals surface area (Å²) in [4.78, 5) is 2.55. The third-order valence-corrected chi connectivity index (χ3v) is 4.49. The number of rotatable bonds is 7. The van der Waals surface area contributed by atoms with Crippen LogP contribution in [0.25, 0.3) is 0 Å². The van der Waals surface area contributed by atoms with Gasteiger partial charge in [0.1, 0.15) is 0 Å². The Morgan fingerprint density at radius 2 is 1.86 bits per heavy atom. The molecule has 1 heterocycles. The van der Waals surface area contributed by atoms with Crippen LogP contribution < -0.4 is 5.32 Å². The maximum absolute atomic E-state index is 9.08. The number of likely N-dealkylation sites (tertiary alicyclic amines) is 1. The molecular weight excluding hydrogens is 260 g/mol. The zero-order chi connectivity index (χ0) is 15.1. The van der Waals surface area contributed by atoms with Crippen LogP contribution in [-0.2, 0) is 6.54 Å². The second kappa shape index (κ2) is 7.92. The van der Waals surface area contributed by atoms with Gasteiger partial charge in [-0.15, -0.1) is 0 Å². The predicted molar refractivity (Wildman–Crippen MR) is 88.2 cm³/mol. The topological polar surface area (TPSA) is 35.5 Å². The third-order valence-electron chi connectivity index (χ3n) is 4.49. The van der Waals surface area contributed by atoms with Crippen LogP contribution in [0.1, 0.15) is 38.7 Å². The van der Waals surface area contributed by atoms with Crippen LogP contribution in [0, 0.1) is 5.41 Å². The monoisotopic (exact) mass is 290 g/mol. The standard InChI is InChI=1S/C18H30N2O/c1-18(2,10-13-21)15-19-17-8-11-20(12-9-17)14-16-6-4-3-5-7-16/h3-7,17,19,21H,8-15H2,1-2H3. The van der Waals surface area contributed by atoms with Gasteiger partial charge in [-0.3, -0.25) is 4.90 Å². The van der Waals surface area contributed by atoms with Crippen LogP contribution in [0.15, 0.2) is 30.3 Å². The molecule has 1 aliphatic heterocycles. The van der Waals surface area contributed by atoms with Gasteiger partial charge < -0.3 is 10.4 Å². The summed E-state index contributed by atoms with van der Waals surface area (Å²) in [6, 6.07) is 11.4. The second-order valence-corrected chi connectivity index (χ2v) is 7.05. The molecule has 0 spiro atoms. The van der Waals surface area contributed by atoms with Crippen molar-refractivity contribution in [3.8, 4) is 0 Å². The van der Waals surface area contributed by atoms with Gasteiger partial charge in [0.05, 0.1) is 0 Å². The van der Waals surface area contributed by atoms with Gasteiger partial charge in [-0.25, -0.2) is 0 Å². The molecule has 0 saturated carbocycles. The van der Waals surface area contributed by atoms with Crippen molar-refractivity contribution in [2.24, 2.45) is 5.41 Å². The van der Waals surface area contributed by atoms with E-state index in [1.807, 2.05) is 0 Å². The van der Waals surface area contributed by atoms with E-state index in [0.29, 0.717) is 6.04 Å². The molecule has 21 heavy (non-hydrogen) atoms. The molecule has 0 atom stereocenters. The molecule has 0 aromatic heterocycles. The average molecular weight is 290 g/mol. The van der Waals surface area contributed by atoms with Crippen molar-refractivity contribution in [1.82, 2.24) is 10.2 Å². The Balaban J connectivity index is 1.69. The zero-order valence-electron chi connectivity index (χ0n) is 13.5. The van der Waals surface area contributed by atoms with Gasteiger partial charge in [-0.2, -0.15) is 0 Å². The van der Waals surface area contributed by atoms with Gasteiger partial charge in [0.25, 0.3) is 0 Å². The predicted octanol–water partition coefficient (Wildman–Crippen LogP) is 2.65. The number of nitrogens with zero attached hydrogens (tertiary/aromatic N) is 1. The van der Waals surface area contributed by atoms with Crippen molar-refractivity contribution in [2.75, 3.05) is 26.2 Å². The summed E-state index contributed by atoms with van der Waals surface area (Å²) in [7, 11) is 0. The highest BCUT2D eigenvalue weighted by Crippen LogP contribution is 2.20. The fourth-order valence-electron chi connectivity index (χ4n) is 2.95. The first-order valence-corrected chi connectivity index (χ1v) is 8.19. The van der Waals surface area contributed by atoms with Crippen LogP contribution in [-0.4, -0.2) is 42.3 Å². The molecule has 0 aliphatic carbocycles. The van der Waals surface area contributed by atoms with Crippen LogP contribution >= 0.6 is 0 Å². The van der Waals surface area contributed by atoms with Gasteiger partial charge in [-0.05, 0) is 43.3 Å². The van der Waals surface area contributed by atoms with E-state index in [9.17, 15) is 0 Å². The van der Waals surface area contributed by atoms with Crippen molar-refractivity contribution >= 4 is 0 Å². The largest absolute Gasteiger partial charge is 0.396 e. The number of piperidine rings is 1. The van der Waals surface area contributed by atoms with E-state index in [1.165, 1.54) is 31.5 Å². The number of nitrogens with one attached hydrogen (secondary N) is 1. The van der Waals surface area contributed by atoms with Crippen LogP contribution in [0.3, 0.4) is 0 Å². The maximum atomic E-state index is 9.08. The summed E-state index contributed by atoms with van der Waals surface area (Å²) < 4.78 is 0. The first kappa shape index (κ1) is 16.5. The van der Waals surface area contributed by atoms with E-state index in [1.54, 1.807) is 0 Å². The summed E-state index contributed by atoms with van der Waals surface area (Å²) in [5.41, 5.74) is 1.60. The zero-order valence-corrected chi connectivity index (χ0v) is 13.5. The van der Waals surface area contributed by atoms with Gasteiger partial charge in [0, 0.05) is 25.7 Å². The molecular formula is C18H30N2O. The molecule has 3 nitrogen and oxygen atoms in total. The molecule has 0 amide bonds. The lowest BCUT2D eigenvalue weighted by molar-refractivity contribution is 0.168. The molecule has 2 N–H and O–H groups in total. The van der Waals surface area contributed by atoms with Crippen LogP contribution in [0.2, 0.25) is 0 Å². The Labute approximate surface area is 129 Å². The Bertz CT molecular complexity index is 397. The van der Waals surface area contributed by atoms with Crippen molar-refractivity contribution in [3.05, 3.63) is 35.9 Å². The minimum absolute atomic E-state index is 0.190. The smallest absolute Gasteiger partial charge is 0.0436 e. The van der Waals surface area contributed by atoms with E-state index >= 15 is 0 Å². The van der Waals surface area contributed by atoms with Gasteiger partial charge in [0.2, 0.25) is 0 Å². The number of hydrogen-bond acceptors (Lipinski definition) is 3. The molecule has 1 saturated heterocycles. The SMILES string of the molecule is CC(C)(CCO)CNC1CCN(Cc2ccccc2)CC1. The number of hydrogen-bond donors (Lipinski definition) is 2.